The molecule has 0 saturated carbocycles. The Morgan fingerprint density at radius 1 is 1.20 bits per heavy atom. The Hall–Kier alpha value is -1.28. The van der Waals surface area contributed by atoms with Gasteiger partial charge in [0.15, 0.2) is 0 Å². The van der Waals surface area contributed by atoms with E-state index in [1.807, 2.05) is 0 Å². The van der Waals surface area contributed by atoms with E-state index in [0.717, 1.165) is 13.1 Å². The first-order valence-electron chi connectivity index (χ1n) is 5.37. The molecule has 1 heterocycles. The molecule has 2 rings (SSSR count). The molecule has 0 aliphatic heterocycles. The second kappa shape index (κ2) is 4.07. The summed E-state index contributed by atoms with van der Waals surface area (Å²) in [5, 5.41) is 1.34. The van der Waals surface area contributed by atoms with Crippen LogP contribution in [0, 0.1) is 6.92 Å². The fourth-order valence-electron chi connectivity index (χ4n) is 1.95. The molecular formula is C13H18N2. The van der Waals surface area contributed by atoms with Gasteiger partial charge in [-0.05, 0) is 38.0 Å². The molecule has 1 aromatic heterocycles. The maximum Gasteiger partial charge on any atom is 0.0510 e. The van der Waals surface area contributed by atoms with Gasteiger partial charge in [-0.15, -0.1) is 0 Å². The van der Waals surface area contributed by atoms with Crippen LogP contribution in [0.3, 0.4) is 0 Å². The minimum atomic E-state index is 1.06. The van der Waals surface area contributed by atoms with Gasteiger partial charge in [-0.2, -0.15) is 0 Å². The lowest BCUT2D eigenvalue weighted by molar-refractivity contribution is 0.387. The van der Waals surface area contributed by atoms with E-state index in [4.69, 9.17) is 0 Å². The normalized spacial score (nSPS) is 11.5. The third-order valence-corrected chi connectivity index (χ3v) is 2.78. The van der Waals surface area contributed by atoms with Crippen molar-refractivity contribution in [1.29, 1.82) is 0 Å². The zero-order valence-corrected chi connectivity index (χ0v) is 9.70. The molecule has 0 N–H and O–H groups in total. The van der Waals surface area contributed by atoms with Gasteiger partial charge in [0, 0.05) is 19.3 Å². The predicted molar refractivity (Wildman–Crippen MR) is 65.2 cm³/mol. The van der Waals surface area contributed by atoms with Gasteiger partial charge in [0.25, 0.3) is 0 Å². The number of hydrogen-bond donors (Lipinski definition) is 0. The molecule has 0 aliphatic rings. The monoisotopic (exact) mass is 202 g/mol. The molecule has 2 heteroatoms. The smallest absolute Gasteiger partial charge is 0.0510 e. The van der Waals surface area contributed by atoms with Crippen LogP contribution in [-0.2, 0) is 6.54 Å². The van der Waals surface area contributed by atoms with E-state index in [-0.39, 0.29) is 0 Å². The average molecular weight is 202 g/mol. The summed E-state index contributed by atoms with van der Waals surface area (Å²) in [6.07, 6.45) is 2.18. The molecule has 1 aromatic carbocycles. The first-order valence-corrected chi connectivity index (χ1v) is 5.37. The summed E-state index contributed by atoms with van der Waals surface area (Å²) >= 11 is 0. The lowest BCUT2D eigenvalue weighted by Crippen LogP contribution is -2.18. The highest BCUT2D eigenvalue weighted by Gasteiger charge is 2.03. The topological polar surface area (TPSA) is 8.17 Å². The molecule has 0 bridgehead atoms. The fourth-order valence-corrected chi connectivity index (χ4v) is 1.95. The first kappa shape index (κ1) is 10.2. The molecule has 0 saturated heterocycles. The van der Waals surface area contributed by atoms with Crippen molar-refractivity contribution in [2.45, 2.75) is 13.5 Å². The molecular weight excluding hydrogens is 184 g/mol. The minimum Gasteiger partial charge on any atom is -0.346 e. The van der Waals surface area contributed by atoms with E-state index in [1.165, 1.54) is 16.5 Å². The van der Waals surface area contributed by atoms with Crippen LogP contribution in [0.15, 0.2) is 30.5 Å². The van der Waals surface area contributed by atoms with Gasteiger partial charge in [0.05, 0.1) is 5.52 Å². The number of para-hydroxylation sites is 1. The highest BCUT2D eigenvalue weighted by atomic mass is 15.1. The minimum absolute atomic E-state index is 1.06. The Labute approximate surface area is 91.1 Å². The summed E-state index contributed by atoms with van der Waals surface area (Å²) in [6, 6.07) is 8.66. The summed E-state index contributed by atoms with van der Waals surface area (Å²) < 4.78 is 2.34. The molecule has 80 valence electrons. The molecule has 2 aromatic rings. The molecule has 0 amide bonds. The Kier molecular flexibility index (Phi) is 2.78. The Balaban J connectivity index is 2.35. The van der Waals surface area contributed by atoms with E-state index < -0.39 is 0 Å². The summed E-state index contributed by atoms with van der Waals surface area (Å²) in [5.74, 6) is 0. The van der Waals surface area contributed by atoms with Gasteiger partial charge in [-0.25, -0.2) is 0 Å². The van der Waals surface area contributed by atoms with Crippen molar-refractivity contribution >= 4 is 10.9 Å². The van der Waals surface area contributed by atoms with E-state index in [1.54, 1.807) is 0 Å². The van der Waals surface area contributed by atoms with E-state index in [9.17, 15) is 0 Å². The number of rotatable bonds is 3. The SMILES string of the molecule is Cc1cccc2ccn(CCN(C)C)c12. The second-order valence-electron chi connectivity index (χ2n) is 4.33. The molecule has 0 unspecified atom stereocenters. The summed E-state index contributed by atoms with van der Waals surface area (Å²) in [5.41, 5.74) is 2.73. The third-order valence-electron chi connectivity index (χ3n) is 2.78. The molecule has 2 nitrogen and oxygen atoms in total. The van der Waals surface area contributed by atoms with Crippen LogP contribution in [-0.4, -0.2) is 30.1 Å². The quantitative estimate of drug-likeness (QED) is 0.742. The lowest BCUT2D eigenvalue weighted by Gasteiger charge is -2.12. The van der Waals surface area contributed by atoms with E-state index >= 15 is 0 Å². The zero-order valence-electron chi connectivity index (χ0n) is 9.70. The Bertz CT molecular complexity index is 455. The van der Waals surface area contributed by atoms with Crippen molar-refractivity contribution in [3.05, 3.63) is 36.0 Å². The van der Waals surface area contributed by atoms with Crippen molar-refractivity contribution < 1.29 is 0 Å². The third kappa shape index (κ3) is 2.05. The molecule has 0 spiro atoms. The molecule has 0 radical (unpaired) electrons. The van der Waals surface area contributed by atoms with Gasteiger partial charge in [0.1, 0.15) is 0 Å². The Morgan fingerprint density at radius 3 is 2.73 bits per heavy atom. The van der Waals surface area contributed by atoms with Crippen molar-refractivity contribution in [2.75, 3.05) is 20.6 Å². The largest absolute Gasteiger partial charge is 0.346 e. The molecule has 0 aliphatic carbocycles. The number of nitrogens with zero attached hydrogens (tertiary/aromatic N) is 2. The summed E-state index contributed by atoms with van der Waals surface area (Å²) in [7, 11) is 4.22. The fraction of sp³-hybridized carbons (Fsp3) is 0.385. The summed E-state index contributed by atoms with van der Waals surface area (Å²) in [4.78, 5) is 2.21. The Morgan fingerprint density at radius 2 is 2.00 bits per heavy atom. The maximum absolute atomic E-state index is 2.34. The van der Waals surface area contributed by atoms with Gasteiger partial charge >= 0.3 is 0 Å². The van der Waals surface area contributed by atoms with Gasteiger partial charge < -0.3 is 9.47 Å². The molecule has 15 heavy (non-hydrogen) atoms. The van der Waals surface area contributed by atoms with Crippen LogP contribution >= 0.6 is 0 Å². The van der Waals surface area contributed by atoms with Crippen molar-refractivity contribution in [2.24, 2.45) is 0 Å². The molecule has 0 fully saturated rings. The van der Waals surface area contributed by atoms with Crippen LogP contribution in [0.5, 0.6) is 0 Å². The number of aromatic nitrogens is 1. The highest BCUT2D eigenvalue weighted by Crippen LogP contribution is 2.19. The van der Waals surface area contributed by atoms with Crippen LogP contribution in [0.4, 0.5) is 0 Å². The van der Waals surface area contributed by atoms with E-state index in [0.29, 0.717) is 0 Å². The number of likely N-dealkylation sites (N-methyl/N-ethyl adjacent to an activating group) is 1. The van der Waals surface area contributed by atoms with Crippen LogP contribution in [0.2, 0.25) is 0 Å². The number of fused-ring (bicyclic) bond motifs is 1. The second-order valence-corrected chi connectivity index (χ2v) is 4.33. The lowest BCUT2D eigenvalue weighted by atomic mass is 10.2. The average Bonchev–Trinajstić information content (AvgIpc) is 2.59. The first-order chi connectivity index (χ1) is 7.18. The van der Waals surface area contributed by atoms with Crippen LogP contribution in [0.25, 0.3) is 10.9 Å². The van der Waals surface area contributed by atoms with Crippen LogP contribution < -0.4 is 0 Å². The van der Waals surface area contributed by atoms with E-state index in [2.05, 4.69) is 60.9 Å². The van der Waals surface area contributed by atoms with Crippen LogP contribution in [0.1, 0.15) is 5.56 Å². The molecule has 0 atom stereocenters. The van der Waals surface area contributed by atoms with Crippen molar-refractivity contribution in [3.63, 3.8) is 0 Å². The maximum atomic E-state index is 2.34. The highest BCUT2D eigenvalue weighted by molar-refractivity contribution is 5.83. The zero-order chi connectivity index (χ0) is 10.8. The van der Waals surface area contributed by atoms with Gasteiger partial charge in [-0.3, -0.25) is 0 Å². The number of benzene rings is 1. The standard InChI is InChI=1S/C13H18N2/c1-11-5-4-6-12-7-8-15(13(11)12)10-9-14(2)3/h4-8H,9-10H2,1-3H3. The van der Waals surface area contributed by atoms with Crippen molar-refractivity contribution in [1.82, 2.24) is 9.47 Å². The number of hydrogen-bond acceptors (Lipinski definition) is 1. The van der Waals surface area contributed by atoms with Gasteiger partial charge in [0.2, 0.25) is 0 Å². The van der Waals surface area contributed by atoms with Crippen molar-refractivity contribution in [3.8, 4) is 0 Å². The number of aryl methyl sites for hydroxylation is 1. The van der Waals surface area contributed by atoms with Gasteiger partial charge in [-0.1, -0.05) is 18.2 Å². The predicted octanol–water partition coefficient (Wildman–Crippen LogP) is 2.51. The summed E-state index contributed by atoms with van der Waals surface area (Å²) in [6.45, 7) is 4.31.